The fourth-order valence-corrected chi connectivity index (χ4v) is 3.71. The number of amides is 2. The Morgan fingerprint density at radius 2 is 1.70 bits per heavy atom. The third-order valence-electron chi connectivity index (χ3n) is 4.78. The van der Waals surface area contributed by atoms with Crippen LogP contribution in [0.15, 0.2) is 78.9 Å². The fourth-order valence-electron chi connectivity index (χ4n) is 3.06. The average Bonchev–Trinajstić information content (AvgIpc) is 3.32. The van der Waals surface area contributed by atoms with Gasteiger partial charge in [0.2, 0.25) is 5.01 Å². The van der Waals surface area contributed by atoms with Gasteiger partial charge in [0.15, 0.2) is 5.01 Å². The normalized spacial score (nSPS) is 10.5. The molecule has 0 aliphatic heterocycles. The number of carbonyl (C=O) groups is 2. The summed E-state index contributed by atoms with van der Waals surface area (Å²) in [4.78, 5) is 25.1. The van der Waals surface area contributed by atoms with Crippen LogP contribution in [0, 0.1) is 6.92 Å². The van der Waals surface area contributed by atoms with E-state index >= 15 is 0 Å². The molecule has 33 heavy (non-hydrogen) atoms. The van der Waals surface area contributed by atoms with Gasteiger partial charge < -0.3 is 15.4 Å². The van der Waals surface area contributed by atoms with Gasteiger partial charge in [-0.25, -0.2) is 0 Å². The Morgan fingerprint density at radius 3 is 2.52 bits per heavy atom. The molecule has 166 valence electrons. The number of nitrogens with zero attached hydrogens (tertiary/aromatic N) is 2. The van der Waals surface area contributed by atoms with Crippen molar-refractivity contribution in [1.29, 1.82) is 0 Å². The van der Waals surface area contributed by atoms with Gasteiger partial charge in [-0.05, 0) is 42.3 Å². The molecule has 0 aliphatic carbocycles. The third kappa shape index (κ3) is 6.02. The second-order valence-electron chi connectivity index (χ2n) is 7.26. The van der Waals surface area contributed by atoms with E-state index in [2.05, 4.69) is 20.8 Å². The Kier molecular flexibility index (Phi) is 7.06. The second-order valence-corrected chi connectivity index (χ2v) is 8.32. The topological polar surface area (TPSA) is 93.2 Å². The first kappa shape index (κ1) is 22.2. The summed E-state index contributed by atoms with van der Waals surface area (Å²) < 4.78 is 5.76. The molecular weight excluding hydrogens is 436 g/mol. The van der Waals surface area contributed by atoms with Crippen molar-refractivity contribution < 1.29 is 14.3 Å². The molecule has 4 rings (SSSR count). The summed E-state index contributed by atoms with van der Waals surface area (Å²) in [5.41, 5.74) is 2.98. The molecule has 0 unspecified atom stereocenters. The second kappa shape index (κ2) is 10.5. The Labute approximate surface area is 195 Å². The number of rotatable bonds is 8. The zero-order chi connectivity index (χ0) is 23.0. The van der Waals surface area contributed by atoms with E-state index in [-0.39, 0.29) is 17.5 Å². The molecule has 0 spiro atoms. The van der Waals surface area contributed by atoms with Crippen molar-refractivity contribution in [2.45, 2.75) is 20.1 Å². The Hall–Kier alpha value is -4.04. The van der Waals surface area contributed by atoms with Crippen LogP contribution in [0.5, 0.6) is 5.75 Å². The van der Waals surface area contributed by atoms with Gasteiger partial charge in [-0.15, -0.1) is 10.2 Å². The van der Waals surface area contributed by atoms with Crippen molar-refractivity contribution in [3.63, 3.8) is 0 Å². The summed E-state index contributed by atoms with van der Waals surface area (Å²) in [6, 6.07) is 24.1. The van der Waals surface area contributed by atoms with E-state index in [0.717, 1.165) is 28.2 Å². The largest absolute Gasteiger partial charge is 0.486 e. The molecular formula is C25H22N4O3S. The number of para-hydroxylation sites is 1. The highest BCUT2D eigenvalue weighted by atomic mass is 32.1. The van der Waals surface area contributed by atoms with Crippen LogP contribution in [0.25, 0.3) is 0 Å². The molecule has 0 atom stereocenters. The summed E-state index contributed by atoms with van der Waals surface area (Å²) in [6.45, 7) is 2.62. The predicted molar refractivity (Wildman–Crippen MR) is 127 cm³/mol. The monoisotopic (exact) mass is 458 g/mol. The molecule has 0 saturated carbocycles. The molecule has 2 amide bonds. The number of aromatic nitrogens is 2. The minimum absolute atomic E-state index is 0.220. The highest BCUT2D eigenvalue weighted by Gasteiger charge is 2.15. The van der Waals surface area contributed by atoms with Crippen molar-refractivity contribution in [2.24, 2.45) is 0 Å². The van der Waals surface area contributed by atoms with Gasteiger partial charge in [-0.1, -0.05) is 65.9 Å². The molecule has 0 aliphatic rings. The summed E-state index contributed by atoms with van der Waals surface area (Å²) in [5, 5.41) is 14.5. The molecule has 0 bridgehead atoms. The lowest BCUT2D eigenvalue weighted by atomic mass is 10.1. The van der Waals surface area contributed by atoms with Crippen molar-refractivity contribution in [1.82, 2.24) is 15.5 Å². The lowest BCUT2D eigenvalue weighted by Crippen LogP contribution is -2.23. The number of anilines is 1. The predicted octanol–water partition coefficient (Wildman–Crippen LogP) is 4.61. The van der Waals surface area contributed by atoms with Crippen molar-refractivity contribution in [3.8, 4) is 5.75 Å². The van der Waals surface area contributed by atoms with Gasteiger partial charge in [0, 0.05) is 17.8 Å². The third-order valence-corrected chi connectivity index (χ3v) is 5.68. The van der Waals surface area contributed by atoms with E-state index in [0.29, 0.717) is 22.8 Å². The first-order valence-electron chi connectivity index (χ1n) is 10.3. The molecule has 8 heteroatoms. The van der Waals surface area contributed by atoms with Crippen LogP contribution in [0.3, 0.4) is 0 Å². The standard InChI is InChI=1S/C25H22N4O3S/c1-17-8-5-6-13-21(17)32-16-22-28-29-25(33-22)24(31)27-20-12-7-11-19(14-20)23(30)26-15-18-9-3-2-4-10-18/h2-14H,15-16H2,1H3,(H,26,30)(H,27,31). The Morgan fingerprint density at radius 1 is 0.909 bits per heavy atom. The quantitative estimate of drug-likeness (QED) is 0.402. The molecule has 0 saturated heterocycles. The zero-order valence-corrected chi connectivity index (χ0v) is 18.8. The average molecular weight is 459 g/mol. The van der Waals surface area contributed by atoms with Crippen molar-refractivity contribution in [3.05, 3.63) is 106 Å². The van der Waals surface area contributed by atoms with Gasteiger partial charge in [0.25, 0.3) is 11.8 Å². The minimum atomic E-state index is -0.392. The van der Waals surface area contributed by atoms with Crippen LogP contribution in [0.1, 0.15) is 36.3 Å². The van der Waals surface area contributed by atoms with Crippen LogP contribution < -0.4 is 15.4 Å². The van der Waals surface area contributed by atoms with Crippen LogP contribution in [-0.4, -0.2) is 22.0 Å². The van der Waals surface area contributed by atoms with Crippen molar-refractivity contribution >= 4 is 28.8 Å². The first-order chi connectivity index (χ1) is 16.1. The van der Waals surface area contributed by atoms with E-state index in [1.165, 1.54) is 0 Å². The van der Waals surface area contributed by atoms with Gasteiger partial charge >= 0.3 is 0 Å². The van der Waals surface area contributed by atoms with Gasteiger partial charge in [0.1, 0.15) is 12.4 Å². The zero-order valence-electron chi connectivity index (χ0n) is 17.9. The Balaban J connectivity index is 1.34. The molecule has 1 aromatic heterocycles. The van der Waals surface area contributed by atoms with Gasteiger partial charge in [0.05, 0.1) is 0 Å². The van der Waals surface area contributed by atoms with E-state index in [1.54, 1.807) is 24.3 Å². The lowest BCUT2D eigenvalue weighted by Gasteiger charge is -2.08. The fraction of sp³-hybridized carbons (Fsp3) is 0.120. The maximum atomic E-state index is 12.6. The van der Waals surface area contributed by atoms with Gasteiger partial charge in [-0.2, -0.15) is 0 Å². The van der Waals surface area contributed by atoms with Gasteiger partial charge in [-0.3, -0.25) is 9.59 Å². The number of benzene rings is 3. The minimum Gasteiger partial charge on any atom is -0.486 e. The maximum Gasteiger partial charge on any atom is 0.286 e. The molecule has 4 aromatic rings. The summed E-state index contributed by atoms with van der Waals surface area (Å²) in [6.07, 6.45) is 0. The summed E-state index contributed by atoms with van der Waals surface area (Å²) in [5.74, 6) is 0.152. The van der Waals surface area contributed by atoms with Crippen molar-refractivity contribution in [2.75, 3.05) is 5.32 Å². The van der Waals surface area contributed by atoms with Crippen LogP contribution in [0.4, 0.5) is 5.69 Å². The number of hydrogen-bond donors (Lipinski definition) is 2. The number of aryl methyl sites for hydroxylation is 1. The molecule has 1 heterocycles. The molecule has 0 fully saturated rings. The lowest BCUT2D eigenvalue weighted by molar-refractivity contribution is 0.0949. The molecule has 0 radical (unpaired) electrons. The Bertz CT molecular complexity index is 1260. The van der Waals surface area contributed by atoms with E-state index in [9.17, 15) is 9.59 Å². The maximum absolute atomic E-state index is 12.6. The van der Waals surface area contributed by atoms with E-state index in [4.69, 9.17) is 4.74 Å². The SMILES string of the molecule is Cc1ccccc1OCc1nnc(C(=O)Nc2cccc(C(=O)NCc3ccccc3)c2)s1. The number of hydrogen-bond acceptors (Lipinski definition) is 6. The molecule has 7 nitrogen and oxygen atoms in total. The molecule has 3 aromatic carbocycles. The summed E-state index contributed by atoms with van der Waals surface area (Å²) in [7, 11) is 0. The smallest absolute Gasteiger partial charge is 0.286 e. The van der Waals surface area contributed by atoms with E-state index in [1.807, 2.05) is 61.5 Å². The highest BCUT2D eigenvalue weighted by molar-refractivity contribution is 7.13. The van der Waals surface area contributed by atoms with Crippen LogP contribution in [0.2, 0.25) is 0 Å². The highest BCUT2D eigenvalue weighted by Crippen LogP contribution is 2.20. The first-order valence-corrected chi connectivity index (χ1v) is 11.1. The van der Waals surface area contributed by atoms with Crippen LogP contribution >= 0.6 is 11.3 Å². The summed E-state index contributed by atoms with van der Waals surface area (Å²) >= 11 is 1.16. The number of ether oxygens (including phenoxy) is 1. The number of nitrogens with one attached hydrogen (secondary N) is 2. The van der Waals surface area contributed by atoms with E-state index < -0.39 is 5.91 Å². The molecule has 2 N–H and O–H groups in total. The number of carbonyl (C=O) groups excluding carboxylic acids is 2. The van der Waals surface area contributed by atoms with Crippen LogP contribution in [-0.2, 0) is 13.2 Å².